The Morgan fingerprint density at radius 2 is 1.75 bits per heavy atom. The number of nitrogens with one attached hydrogen (secondary N) is 1. The Bertz CT molecular complexity index is 1560. The van der Waals surface area contributed by atoms with Gasteiger partial charge in [-0.25, -0.2) is 9.59 Å². The van der Waals surface area contributed by atoms with E-state index in [9.17, 15) is 19.2 Å². The van der Waals surface area contributed by atoms with Crippen LogP contribution < -0.4 is 5.32 Å². The van der Waals surface area contributed by atoms with Gasteiger partial charge >= 0.3 is 18.3 Å². The molecule has 0 spiro atoms. The first-order valence-electron chi connectivity index (χ1n) is 19.4. The summed E-state index contributed by atoms with van der Waals surface area (Å²) < 4.78 is 48.3. The molecule has 0 bridgehead atoms. The first kappa shape index (κ1) is 44.7. The smallest absolute Gasteiger partial charge is 0.457 e. The number of rotatable bonds is 11. The van der Waals surface area contributed by atoms with Crippen LogP contribution in [0.4, 0.5) is 9.59 Å². The van der Waals surface area contributed by atoms with Crippen LogP contribution in [0.25, 0.3) is 0 Å². The molecule has 15 heteroatoms. The zero-order chi connectivity index (χ0) is 41.4. The van der Waals surface area contributed by atoms with Gasteiger partial charge in [-0.2, -0.15) is 0 Å². The van der Waals surface area contributed by atoms with Gasteiger partial charge in [0.2, 0.25) is 0 Å². The third-order valence-corrected chi connectivity index (χ3v) is 11.3. The maximum Gasteiger partial charge on any atom is 0.509 e. The normalized spacial score (nSPS) is 37.6. The number of hydrogen-bond donors (Lipinski definition) is 1. The van der Waals surface area contributed by atoms with Crippen molar-refractivity contribution in [1.82, 2.24) is 5.32 Å². The van der Waals surface area contributed by atoms with Crippen molar-refractivity contribution in [3.8, 4) is 0 Å². The van der Waals surface area contributed by atoms with Crippen molar-refractivity contribution < 1.29 is 61.9 Å². The number of carbonyl (C=O) groups excluding carboxylic acids is 4. The molecule has 0 unspecified atom stereocenters. The molecule has 56 heavy (non-hydrogen) atoms. The number of oxime groups is 1. The highest BCUT2D eigenvalue weighted by atomic mass is 16.8. The van der Waals surface area contributed by atoms with Crippen LogP contribution in [0.2, 0.25) is 0 Å². The lowest BCUT2D eigenvalue weighted by molar-refractivity contribution is -0.291. The molecule has 0 aliphatic carbocycles. The van der Waals surface area contributed by atoms with Gasteiger partial charge in [0.05, 0.1) is 29.6 Å². The number of carbonyl (C=O) groups is 4. The fourth-order valence-corrected chi connectivity index (χ4v) is 8.18. The Kier molecular flexibility index (Phi) is 15.5. The zero-order valence-corrected chi connectivity index (χ0v) is 34.3. The predicted octanol–water partition coefficient (Wildman–Crippen LogP) is 5.91. The Labute approximate surface area is 330 Å². The fraction of sp³-hybridized carbons (Fsp3) is 0.683. The molecule has 15 nitrogen and oxygen atoms in total. The average molecular weight is 789 g/mol. The first-order chi connectivity index (χ1) is 26.5. The topological polar surface area (TPSA) is 176 Å². The summed E-state index contributed by atoms with van der Waals surface area (Å²) in [5.41, 5.74) is -1.43. The second kappa shape index (κ2) is 19.4. The molecule has 3 heterocycles. The zero-order valence-electron chi connectivity index (χ0n) is 34.3. The first-order valence-corrected chi connectivity index (χ1v) is 19.4. The van der Waals surface area contributed by atoms with Crippen LogP contribution in [0.1, 0.15) is 80.2 Å². The third kappa shape index (κ3) is 10.1. The van der Waals surface area contributed by atoms with Gasteiger partial charge in [-0.1, -0.05) is 75.8 Å². The van der Waals surface area contributed by atoms with Crippen molar-refractivity contribution in [2.45, 2.75) is 135 Å². The molecule has 0 amide bonds. The predicted molar refractivity (Wildman–Crippen MR) is 203 cm³/mol. The van der Waals surface area contributed by atoms with Crippen LogP contribution in [0, 0.1) is 23.7 Å². The van der Waals surface area contributed by atoms with Gasteiger partial charge in [0.1, 0.15) is 25.2 Å². The molecular weight excluding hydrogens is 728 g/mol. The van der Waals surface area contributed by atoms with E-state index in [1.165, 1.54) is 14.0 Å². The van der Waals surface area contributed by atoms with Gasteiger partial charge in [-0.05, 0) is 59.6 Å². The number of hydrogen-bond acceptors (Lipinski definition) is 15. The fourth-order valence-electron chi connectivity index (χ4n) is 8.18. The number of cyclic esters (lactones) is 1. The monoisotopic (exact) mass is 788 g/mol. The molecule has 1 aromatic carbocycles. The van der Waals surface area contributed by atoms with Gasteiger partial charge < -0.3 is 48.0 Å². The largest absolute Gasteiger partial charge is 0.509 e. The number of nitrogens with zero attached hydrogens (tertiary/aromatic N) is 1. The summed E-state index contributed by atoms with van der Waals surface area (Å²) >= 11 is 0. The molecule has 0 saturated carbocycles. The second-order valence-electron chi connectivity index (χ2n) is 15.4. The molecule has 3 saturated heterocycles. The van der Waals surface area contributed by atoms with E-state index in [2.05, 4.69) is 17.1 Å². The van der Waals surface area contributed by atoms with E-state index in [1.807, 2.05) is 51.1 Å². The lowest BCUT2D eigenvalue weighted by Gasteiger charge is -2.46. The minimum Gasteiger partial charge on any atom is -0.457 e. The second-order valence-corrected chi connectivity index (χ2v) is 15.4. The molecule has 0 radical (unpaired) electrons. The molecule has 4 rings (SSSR count). The highest BCUT2D eigenvalue weighted by Crippen LogP contribution is 2.42. The number of methoxy groups -OCH3 is 1. The van der Waals surface area contributed by atoms with Crippen molar-refractivity contribution in [3.63, 3.8) is 0 Å². The molecule has 0 aromatic heterocycles. The average Bonchev–Trinajstić information content (AvgIpc) is 3.50. The van der Waals surface area contributed by atoms with E-state index in [-0.39, 0.29) is 32.2 Å². The standard InChI is InChI=1S/C41H60N2O13/c1-12-19-50-43-31-23(3)21-40(8,48-11)34(26(6)32(44)27(7)36(45)52-30(13-2)41(9)35(25(31)5)55-39(47)56-41)54-37-33(29(42-10)20-24(4)51-37)53-38(46)49-22-28-17-15-14-16-18-28/h12,14-18,23-27,29-30,33-35,37,42H,1,13,19-22H2,2-11H3/b43-31+/t23-,24-,25+,26+,27-,29+,30-,33-,34-,35-,37+,40+,41-/m1/s1. The summed E-state index contributed by atoms with van der Waals surface area (Å²) in [6.07, 6.45) is -4.95. The Morgan fingerprint density at radius 3 is 2.38 bits per heavy atom. The van der Waals surface area contributed by atoms with Crippen molar-refractivity contribution in [3.05, 3.63) is 48.6 Å². The minimum atomic E-state index is -1.43. The molecule has 3 fully saturated rings. The molecule has 3 aliphatic rings. The molecular formula is C41H60N2O13. The van der Waals surface area contributed by atoms with Crippen LogP contribution in [-0.2, 0) is 58.9 Å². The van der Waals surface area contributed by atoms with E-state index in [0.29, 0.717) is 12.1 Å². The van der Waals surface area contributed by atoms with Crippen LogP contribution in [0.5, 0.6) is 0 Å². The highest BCUT2D eigenvalue weighted by Gasteiger charge is 2.59. The summed E-state index contributed by atoms with van der Waals surface area (Å²) in [7, 11) is 3.24. The van der Waals surface area contributed by atoms with E-state index in [4.69, 9.17) is 42.7 Å². The third-order valence-electron chi connectivity index (χ3n) is 11.3. The summed E-state index contributed by atoms with van der Waals surface area (Å²) in [6, 6.07) is 8.77. The Balaban J connectivity index is 1.78. The lowest BCUT2D eigenvalue weighted by atomic mass is 9.74. The maximum absolute atomic E-state index is 14.4. The Morgan fingerprint density at radius 1 is 1.05 bits per heavy atom. The number of Topliss-reactive ketones (excluding diaryl/α,β-unsaturated/α-hetero) is 1. The molecule has 3 aliphatic heterocycles. The van der Waals surface area contributed by atoms with Crippen LogP contribution in [-0.4, -0.2) is 105 Å². The van der Waals surface area contributed by atoms with Crippen molar-refractivity contribution in [2.24, 2.45) is 28.8 Å². The van der Waals surface area contributed by atoms with E-state index < -0.39 is 95.7 Å². The number of fused-ring (bicyclic) bond motifs is 1. The molecule has 13 atom stereocenters. The number of esters is 1. The van der Waals surface area contributed by atoms with Crippen LogP contribution in [0.15, 0.2) is 48.1 Å². The van der Waals surface area contributed by atoms with E-state index in [0.717, 1.165) is 5.56 Å². The molecule has 312 valence electrons. The van der Waals surface area contributed by atoms with E-state index >= 15 is 0 Å². The summed E-state index contributed by atoms with van der Waals surface area (Å²) in [6.45, 7) is 17.8. The van der Waals surface area contributed by atoms with Gasteiger partial charge in [-0.15, -0.1) is 0 Å². The quantitative estimate of drug-likeness (QED) is 0.0699. The Hall–Kier alpha value is -4.05. The summed E-state index contributed by atoms with van der Waals surface area (Å²) in [5, 5.41) is 7.72. The minimum absolute atomic E-state index is 0.00970. The van der Waals surface area contributed by atoms with Crippen LogP contribution in [0.3, 0.4) is 0 Å². The SMILES string of the molecule is C=CCO/N=C1\[C@H](C)C[C@](C)(OC)[C@H](O[C@@H]2O[C@H](C)C[C@H](NC)[C@H]2OC(=O)OCc2ccccc2)[C@@H](C)C(=O)[C@@H](C)C(=O)O[C@H](CC)[C@@]2(C)OC(=O)O[C@@H]2[C@H]1C. The highest BCUT2D eigenvalue weighted by molar-refractivity contribution is 6.00. The van der Waals surface area contributed by atoms with Crippen molar-refractivity contribution >= 4 is 29.8 Å². The van der Waals surface area contributed by atoms with Crippen molar-refractivity contribution in [1.29, 1.82) is 0 Å². The van der Waals surface area contributed by atoms with Gasteiger partial charge in [0, 0.05) is 24.9 Å². The molecule has 1 N–H and O–H groups in total. The van der Waals surface area contributed by atoms with Gasteiger partial charge in [0.15, 0.2) is 29.9 Å². The summed E-state index contributed by atoms with van der Waals surface area (Å²) in [4.78, 5) is 59.8. The molecule has 1 aromatic rings. The van der Waals surface area contributed by atoms with Crippen LogP contribution >= 0.6 is 0 Å². The van der Waals surface area contributed by atoms with Crippen molar-refractivity contribution in [2.75, 3.05) is 20.8 Å². The number of likely N-dealkylation sites (N-methyl/N-ethyl adjacent to an activating group) is 1. The number of ether oxygens (including phenoxy) is 8. The number of benzene rings is 1. The lowest BCUT2D eigenvalue weighted by Crippen LogP contribution is -2.60. The maximum atomic E-state index is 14.4. The number of ketones is 1. The van der Waals surface area contributed by atoms with E-state index in [1.54, 1.807) is 40.8 Å². The van der Waals surface area contributed by atoms with Gasteiger partial charge in [0.25, 0.3) is 0 Å². The van der Waals surface area contributed by atoms with Gasteiger partial charge in [-0.3, -0.25) is 9.59 Å². The summed E-state index contributed by atoms with van der Waals surface area (Å²) in [5.74, 6) is -4.62.